The van der Waals surface area contributed by atoms with Crippen molar-refractivity contribution in [2.75, 3.05) is 27.5 Å². The zero-order chi connectivity index (χ0) is 17.5. The van der Waals surface area contributed by atoms with E-state index in [1.807, 2.05) is 0 Å². The molecule has 3 rings (SSSR count). The van der Waals surface area contributed by atoms with Gasteiger partial charge in [-0.2, -0.15) is 13.2 Å². The van der Waals surface area contributed by atoms with E-state index in [0.29, 0.717) is 35.8 Å². The summed E-state index contributed by atoms with van der Waals surface area (Å²) in [5, 5.41) is 8.88. The van der Waals surface area contributed by atoms with Crippen molar-refractivity contribution in [3.05, 3.63) is 29.0 Å². The Morgan fingerprint density at radius 1 is 1.46 bits per heavy atom. The molecular formula is C15H18F3N2O4+. The van der Waals surface area contributed by atoms with Crippen LogP contribution in [-0.4, -0.2) is 38.9 Å². The quantitative estimate of drug-likeness (QED) is 0.711. The van der Waals surface area contributed by atoms with Crippen molar-refractivity contribution in [1.29, 1.82) is 0 Å². The number of benzene rings is 1. The Hall–Kier alpha value is -2.13. The van der Waals surface area contributed by atoms with Crippen LogP contribution < -0.4 is 24.6 Å². The fraction of sp³-hybridized carbons (Fsp3) is 0.467. The summed E-state index contributed by atoms with van der Waals surface area (Å²) in [4.78, 5) is 0.844. The van der Waals surface area contributed by atoms with Crippen molar-refractivity contribution in [1.82, 2.24) is 5.48 Å². The molecule has 0 aliphatic carbocycles. The van der Waals surface area contributed by atoms with Crippen LogP contribution in [0.1, 0.15) is 17.2 Å². The molecule has 1 aromatic carbocycles. The van der Waals surface area contributed by atoms with Gasteiger partial charge in [0.15, 0.2) is 11.5 Å². The SMILES string of the molecule is COc1c2c(cc3c1[C@H](/C=C(/NO)C(F)(F)F)[NH+](C)CC3)OCO2. The molecule has 24 heavy (non-hydrogen) atoms. The maximum absolute atomic E-state index is 13.0. The van der Waals surface area contributed by atoms with E-state index in [0.717, 1.165) is 16.5 Å². The number of fused-ring (bicyclic) bond motifs is 2. The number of methoxy groups -OCH3 is 1. The van der Waals surface area contributed by atoms with Crippen molar-refractivity contribution in [3.8, 4) is 17.2 Å². The minimum absolute atomic E-state index is 0.0454. The Morgan fingerprint density at radius 2 is 2.21 bits per heavy atom. The Morgan fingerprint density at radius 3 is 2.83 bits per heavy atom. The van der Waals surface area contributed by atoms with Gasteiger partial charge >= 0.3 is 6.18 Å². The number of ether oxygens (including phenoxy) is 3. The highest BCUT2D eigenvalue weighted by atomic mass is 19.4. The van der Waals surface area contributed by atoms with Gasteiger partial charge in [0, 0.05) is 12.5 Å². The molecule has 0 saturated heterocycles. The largest absolute Gasteiger partial charge is 0.492 e. The molecule has 132 valence electrons. The smallest absolute Gasteiger partial charge is 0.433 e. The zero-order valence-electron chi connectivity index (χ0n) is 13.2. The van der Waals surface area contributed by atoms with Crippen LogP contribution in [0.2, 0.25) is 0 Å². The van der Waals surface area contributed by atoms with E-state index in [9.17, 15) is 13.2 Å². The molecule has 0 amide bonds. The zero-order valence-corrected chi connectivity index (χ0v) is 13.2. The van der Waals surface area contributed by atoms with E-state index in [2.05, 4.69) is 0 Å². The standard InChI is InChI=1S/C15H17F3N2O4/c1-20-4-3-8-5-10-13(24-7-23-10)14(22-2)12(8)9(20)6-11(19-21)15(16,17)18/h5-6,9,19,21H,3-4,7H2,1-2H3/p+1/b11-6+/t9-/m0/s1. The minimum Gasteiger partial charge on any atom is -0.492 e. The summed E-state index contributed by atoms with van der Waals surface area (Å²) in [5.41, 5.74) is 1.51. The van der Waals surface area contributed by atoms with Crippen LogP contribution in [0, 0.1) is 0 Å². The van der Waals surface area contributed by atoms with Crippen LogP contribution in [0.15, 0.2) is 17.8 Å². The fourth-order valence-electron chi connectivity index (χ4n) is 3.15. The van der Waals surface area contributed by atoms with Crippen LogP contribution in [-0.2, 0) is 6.42 Å². The number of hydrogen-bond acceptors (Lipinski definition) is 5. The van der Waals surface area contributed by atoms with Gasteiger partial charge in [0.2, 0.25) is 12.5 Å². The van der Waals surface area contributed by atoms with Crippen molar-refractivity contribution in [2.24, 2.45) is 0 Å². The van der Waals surface area contributed by atoms with E-state index in [4.69, 9.17) is 19.4 Å². The number of allylic oxidation sites excluding steroid dienone is 1. The van der Waals surface area contributed by atoms with Crippen LogP contribution in [0.3, 0.4) is 0 Å². The Bertz CT molecular complexity index is 676. The topological polar surface area (TPSA) is 64.4 Å². The van der Waals surface area contributed by atoms with Gasteiger partial charge in [-0.15, -0.1) is 0 Å². The number of rotatable bonds is 3. The van der Waals surface area contributed by atoms with Crippen LogP contribution in [0.5, 0.6) is 17.2 Å². The minimum atomic E-state index is -4.68. The van der Waals surface area contributed by atoms with E-state index in [1.54, 1.807) is 13.1 Å². The highest BCUT2D eigenvalue weighted by Crippen LogP contribution is 2.47. The summed E-state index contributed by atoms with van der Waals surface area (Å²) in [6, 6.07) is 1.13. The number of likely N-dealkylation sites (N-methyl/N-ethyl adjacent to an activating group) is 1. The van der Waals surface area contributed by atoms with E-state index in [1.165, 1.54) is 12.6 Å². The first kappa shape index (κ1) is 16.7. The summed E-state index contributed by atoms with van der Waals surface area (Å²) in [6.45, 7) is 0.678. The monoisotopic (exact) mass is 347 g/mol. The molecule has 2 aliphatic heterocycles. The summed E-state index contributed by atoms with van der Waals surface area (Å²) in [7, 11) is 3.23. The van der Waals surface area contributed by atoms with E-state index in [-0.39, 0.29) is 6.79 Å². The summed E-state index contributed by atoms with van der Waals surface area (Å²) < 4.78 is 55.2. The predicted molar refractivity (Wildman–Crippen MR) is 76.4 cm³/mol. The number of halogens is 3. The van der Waals surface area contributed by atoms with Crippen LogP contribution in [0.4, 0.5) is 13.2 Å². The maximum atomic E-state index is 13.0. The Kier molecular flexibility index (Phi) is 4.22. The summed E-state index contributed by atoms with van der Waals surface area (Å²) >= 11 is 0. The van der Waals surface area contributed by atoms with Gasteiger partial charge in [-0.25, -0.2) is 0 Å². The third-order valence-electron chi connectivity index (χ3n) is 4.34. The van der Waals surface area contributed by atoms with Crippen LogP contribution >= 0.6 is 0 Å². The molecule has 1 aromatic rings. The molecule has 9 heteroatoms. The normalized spacial score (nSPS) is 23.0. The molecule has 0 fully saturated rings. The molecule has 0 saturated carbocycles. The predicted octanol–water partition coefficient (Wildman–Crippen LogP) is 0.961. The van der Waals surface area contributed by atoms with Crippen molar-refractivity contribution < 1.29 is 37.5 Å². The first-order chi connectivity index (χ1) is 11.4. The lowest BCUT2D eigenvalue weighted by molar-refractivity contribution is -0.907. The molecule has 1 unspecified atom stereocenters. The molecule has 2 aliphatic rings. The average molecular weight is 347 g/mol. The molecule has 0 bridgehead atoms. The molecule has 0 aromatic heterocycles. The van der Waals surface area contributed by atoms with Crippen LogP contribution in [0.25, 0.3) is 0 Å². The summed E-state index contributed by atoms with van der Waals surface area (Å²) in [6.07, 6.45) is -3.04. The average Bonchev–Trinajstić information content (AvgIpc) is 2.98. The van der Waals surface area contributed by atoms with Gasteiger partial charge in [-0.1, -0.05) is 0 Å². The number of nitrogens with one attached hydrogen (secondary N) is 2. The lowest BCUT2D eigenvalue weighted by Gasteiger charge is -2.31. The van der Waals surface area contributed by atoms with Crippen molar-refractivity contribution in [3.63, 3.8) is 0 Å². The maximum Gasteiger partial charge on any atom is 0.433 e. The number of alkyl halides is 3. The van der Waals surface area contributed by atoms with E-state index >= 15 is 0 Å². The molecule has 2 heterocycles. The Balaban J connectivity index is 2.16. The summed E-state index contributed by atoms with van der Waals surface area (Å²) in [5.74, 6) is 1.30. The number of hydroxylamine groups is 1. The first-order valence-corrected chi connectivity index (χ1v) is 7.37. The van der Waals surface area contributed by atoms with Crippen molar-refractivity contribution in [2.45, 2.75) is 18.6 Å². The lowest BCUT2D eigenvalue weighted by atomic mass is 9.90. The second kappa shape index (κ2) is 6.06. The van der Waals surface area contributed by atoms with Gasteiger partial charge < -0.3 is 19.1 Å². The lowest BCUT2D eigenvalue weighted by Crippen LogP contribution is -3.10. The molecule has 6 nitrogen and oxygen atoms in total. The van der Waals surface area contributed by atoms with Gasteiger partial charge in [0.05, 0.1) is 26.3 Å². The second-order valence-corrected chi connectivity index (χ2v) is 5.73. The first-order valence-electron chi connectivity index (χ1n) is 7.37. The van der Waals surface area contributed by atoms with Gasteiger partial charge in [-0.3, -0.25) is 10.7 Å². The van der Waals surface area contributed by atoms with Gasteiger partial charge in [0.25, 0.3) is 0 Å². The van der Waals surface area contributed by atoms with Crippen molar-refractivity contribution >= 4 is 0 Å². The highest BCUT2D eigenvalue weighted by molar-refractivity contribution is 5.61. The molecule has 0 spiro atoms. The Labute approximate surface area is 136 Å². The van der Waals surface area contributed by atoms with Gasteiger partial charge in [0.1, 0.15) is 11.7 Å². The third-order valence-corrected chi connectivity index (χ3v) is 4.34. The third kappa shape index (κ3) is 2.73. The highest BCUT2D eigenvalue weighted by Gasteiger charge is 2.40. The molecule has 2 atom stereocenters. The molecule has 0 radical (unpaired) electrons. The number of quaternary nitrogens is 1. The van der Waals surface area contributed by atoms with Gasteiger partial charge in [-0.05, 0) is 11.6 Å². The molecular weight excluding hydrogens is 329 g/mol. The van der Waals surface area contributed by atoms with E-state index < -0.39 is 17.9 Å². The second-order valence-electron chi connectivity index (χ2n) is 5.73. The fourth-order valence-corrected chi connectivity index (χ4v) is 3.15. The molecule has 3 N–H and O–H groups in total. The number of hydrogen-bond donors (Lipinski definition) is 3.